The second-order valence-corrected chi connectivity index (χ2v) is 8.22. The number of carbonyl (C=O) groups excluding carboxylic acids is 2. The molecule has 0 aliphatic carbocycles. The van der Waals surface area contributed by atoms with Gasteiger partial charge in [-0.05, 0) is 48.7 Å². The third-order valence-electron chi connectivity index (χ3n) is 5.82. The maximum Gasteiger partial charge on any atom is 0.273 e. The Bertz CT molecular complexity index is 1140. The number of nitrogens with two attached hydrogens (primary N) is 1. The van der Waals surface area contributed by atoms with E-state index in [-0.39, 0.29) is 24.1 Å². The Balaban J connectivity index is 1.56. The van der Waals surface area contributed by atoms with Crippen LogP contribution in [0.15, 0.2) is 84.3 Å². The number of benzene rings is 2. The number of rotatable bonds is 6. The fourth-order valence-electron chi connectivity index (χ4n) is 4.01. The quantitative estimate of drug-likeness (QED) is 0.510. The first-order valence-corrected chi connectivity index (χ1v) is 11.1. The van der Waals surface area contributed by atoms with E-state index < -0.39 is 0 Å². The van der Waals surface area contributed by atoms with Crippen LogP contribution in [0.3, 0.4) is 0 Å². The van der Waals surface area contributed by atoms with Gasteiger partial charge in [-0.15, -0.1) is 0 Å². The Morgan fingerprint density at radius 2 is 1.85 bits per heavy atom. The molecule has 3 aromatic rings. The molecule has 0 saturated carbocycles. The monoisotopic (exact) mass is 443 g/mol. The van der Waals surface area contributed by atoms with Crippen LogP contribution in [0.1, 0.15) is 21.6 Å². The summed E-state index contributed by atoms with van der Waals surface area (Å²) in [6, 6.07) is 21.3. The molecule has 1 fully saturated rings. The number of nitrogens with zero attached hydrogens (tertiary/aromatic N) is 2. The molecule has 4 rings (SSSR count). The van der Waals surface area contributed by atoms with Crippen molar-refractivity contribution in [1.29, 1.82) is 0 Å². The molecule has 2 amide bonds. The molecule has 7 nitrogen and oxygen atoms in total. The van der Waals surface area contributed by atoms with Crippen LogP contribution in [-0.2, 0) is 11.2 Å². The normalized spacial score (nSPS) is 15.3. The number of aromatic nitrogens is 1. The van der Waals surface area contributed by atoms with Crippen LogP contribution >= 0.6 is 0 Å². The number of hydrogen-bond donors (Lipinski definition) is 3. The molecule has 1 aromatic heterocycles. The van der Waals surface area contributed by atoms with E-state index in [0.29, 0.717) is 36.7 Å². The Morgan fingerprint density at radius 3 is 2.58 bits per heavy atom. The minimum absolute atomic E-state index is 0.105. The van der Waals surface area contributed by atoms with E-state index in [0.717, 1.165) is 12.0 Å². The average Bonchev–Trinajstić information content (AvgIpc) is 3.37. The van der Waals surface area contributed by atoms with Gasteiger partial charge < -0.3 is 25.8 Å². The minimum Gasteiger partial charge on any atom is -0.393 e. The van der Waals surface area contributed by atoms with Gasteiger partial charge in [0.1, 0.15) is 11.4 Å². The van der Waals surface area contributed by atoms with Gasteiger partial charge in [-0.3, -0.25) is 9.59 Å². The van der Waals surface area contributed by atoms with Gasteiger partial charge in [-0.25, -0.2) is 0 Å². The van der Waals surface area contributed by atoms with Crippen LogP contribution < -0.4 is 11.1 Å². The van der Waals surface area contributed by atoms with E-state index in [9.17, 15) is 9.59 Å². The lowest BCUT2D eigenvalue weighted by Crippen LogP contribution is -2.49. The molecular weight excluding hydrogens is 414 g/mol. The number of nitrogens with one attached hydrogen (secondary N) is 2. The topological polar surface area (TPSA) is 94.5 Å². The third kappa shape index (κ3) is 5.44. The van der Waals surface area contributed by atoms with Crippen molar-refractivity contribution < 1.29 is 9.59 Å². The summed E-state index contributed by atoms with van der Waals surface area (Å²) in [5.41, 5.74) is 10.7. The number of carbonyl (C=O) groups is 2. The van der Waals surface area contributed by atoms with Gasteiger partial charge >= 0.3 is 0 Å². The highest BCUT2D eigenvalue weighted by atomic mass is 16.2. The van der Waals surface area contributed by atoms with Crippen molar-refractivity contribution in [1.82, 2.24) is 14.8 Å². The molecule has 0 unspecified atom stereocenters. The van der Waals surface area contributed by atoms with Crippen LogP contribution in [-0.4, -0.2) is 52.8 Å². The molecule has 2 aromatic carbocycles. The van der Waals surface area contributed by atoms with E-state index in [1.807, 2.05) is 49.4 Å². The molecule has 0 atom stereocenters. The van der Waals surface area contributed by atoms with E-state index in [4.69, 9.17) is 5.73 Å². The van der Waals surface area contributed by atoms with Crippen LogP contribution in [0.4, 0.5) is 5.69 Å². The average molecular weight is 444 g/mol. The number of amides is 2. The second-order valence-electron chi connectivity index (χ2n) is 8.22. The largest absolute Gasteiger partial charge is 0.393 e. The zero-order chi connectivity index (χ0) is 23.2. The van der Waals surface area contributed by atoms with Crippen molar-refractivity contribution in [2.24, 2.45) is 5.73 Å². The molecule has 170 valence electrons. The van der Waals surface area contributed by atoms with Gasteiger partial charge in [0, 0.05) is 31.5 Å². The molecule has 4 N–H and O–H groups in total. The summed E-state index contributed by atoms with van der Waals surface area (Å²) >= 11 is 0. The zero-order valence-corrected chi connectivity index (χ0v) is 18.8. The van der Waals surface area contributed by atoms with Gasteiger partial charge in [0.25, 0.3) is 11.8 Å². The lowest BCUT2D eigenvalue weighted by atomic mass is 10.1. The summed E-state index contributed by atoms with van der Waals surface area (Å²) in [5.74, 6) is -0.471. The fraction of sp³-hybridized carbons (Fsp3) is 0.231. The number of aryl methyl sites for hydroxylation is 1. The number of hydrogen-bond acceptors (Lipinski definition) is 4. The molecular formula is C26H29N5O2. The Kier molecular flexibility index (Phi) is 6.78. The molecule has 2 heterocycles. The molecule has 0 spiro atoms. The highest BCUT2D eigenvalue weighted by Crippen LogP contribution is 2.20. The van der Waals surface area contributed by atoms with Crippen LogP contribution in [0.2, 0.25) is 0 Å². The van der Waals surface area contributed by atoms with Crippen molar-refractivity contribution in [2.75, 3.05) is 31.5 Å². The van der Waals surface area contributed by atoms with E-state index in [2.05, 4.69) is 27.3 Å². The highest BCUT2D eigenvalue weighted by Gasteiger charge is 2.29. The van der Waals surface area contributed by atoms with Gasteiger partial charge in [-0.2, -0.15) is 0 Å². The van der Waals surface area contributed by atoms with E-state index in [1.54, 1.807) is 23.2 Å². The lowest BCUT2D eigenvalue weighted by Gasteiger charge is -2.38. The standard InChI is InChI=1S/C26H29N5O2/c1-19-7-5-10-21(17-19)29-25(32)24(27)23-18-31(26(33)22-11-6-13-28-22)16-15-30(23)14-12-20-8-3-2-4-9-20/h2-11,13,17,28H,12,14-16,18,27H2,1H3,(H,29,32)/b24-23-. The first-order valence-electron chi connectivity index (χ1n) is 11.1. The SMILES string of the molecule is Cc1cccc(NC(=O)/C(N)=C2\CN(C(=O)c3ccc[nH]3)CCN2CCc2ccccc2)c1. The maximum atomic E-state index is 13.0. The molecule has 1 aliphatic rings. The Labute approximate surface area is 193 Å². The number of aromatic amines is 1. The first kappa shape index (κ1) is 22.2. The number of anilines is 1. The van der Waals surface area contributed by atoms with Crippen molar-refractivity contribution >= 4 is 17.5 Å². The smallest absolute Gasteiger partial charge is 0.273 e. The highest BCUT2D eigenvalue weighted by molar-refractivity contribution is 6.03. The van der Waals surface area contributed by atoms with E-state index in [1.165, 1.54) is 5.56 Å². The Morgan fingerprint density at radius 1 is 1.03 bits per heavy atom. The van der Waals surface area contributed by atoms with Crippen molar-refractivity contribution in [2.45, 2.75) is 13.3 Å². The third-order valence-corrected chi connectivity index (χ3v) is 5.82. The van der Waals surface area contributed by atoms with Crippen molar-refractivity contribution in [3.8, 4) is 0 Å². The number of H-pyrrole nitrogens is 1. The predicted octanol–water partition coefficient (Wildman–Crippen LogP) is 3.13. The molecule has 0 bridgehead atoms. The zero-order valence-electron chi connectivity index (χ0n) is 18.8. The first-order chi connectivity index (χ1) is 16.0. The molecule has 1 aliphatic heterocycles. The molecule has 7 heteroatoms. The van der Waals surface area contributed by atoms with Crippen LogP contribution in [0.25, 0.3) is 0 Å². The minimum atomic E-state index is -0.366. The van der Waals surface area contributed by atoms with Gasteiger partial charge in [0.2, 0.25) is 0 Å². The summed E-state index contributed by atoms with van der Waals surface area (Å²) < 4.78 is 0. The molecule has 1 saturated heterocycles. The summed E-state index contributed by atoms with van der Waals surface area (Å²) in [6.45, 7) is 4.12. The lowest BCUT2D eigenvalue weighted by molar-refractivity contribution is -0.113. The fourth-order valence-corrected chi connectivity index (χ4v) is 4.01. The second kappa shape index (κ2) is 10.1. The van der Waals surface area contributed by atoms with Gasteiger partial charge in [0.15, 0.2) is 0 Å². The summed E-state index contributed by atoms with van der Waals surface area (Å²) in [7, 11) is 0. The summed E-state index contributed by atoms with van der Waals surface area (Å²) in [6.07, 6.45) is 2.55. The summed E-state index contributed by atoms with van der Waals surface area (Å²) in [4.78, 5) is 32.8. The van der Waals surface area contributed by atoms with E-state index >= 15 is 0 Å². The van der Waals surface area contributed by atoms with Crippen LogP contribution in [0, 0.1) is 6.92 Å². The van der Waals surface area contributed by atoms with Gasteiger partial charge in [0.05, 0.1) is 12.2 Å². The van der Waals surface area contributed by atoms with Crippen molar-refractivity contribution in [3.63, 3.8) is 0 Å². The Hall–Kier alpha value is -4.00. The maximum absolute atomic E-state index is 13.0. The van der Waals surface area contributed by atoms with Crippen molar-refractivity contribution in [3.05, 3.63) is 101 Å². The number of piperazine rings is 1. The predicted molar refractivity (Wildman–Crippen MR) is 129 cm³/mol. The molecule has 33 heavy (non-hydrogen) atoms. The van der Waals surface area contributed by atoms with Crippen LogP contribution in [0.5, 0.6) is 0 Å². The van der Waals surface area contributed by atoms with Gasteiger partial charge in [-0.1, -0.05) is 42.5 Å². The molecule has 0 radical (unpaired) electrons. The summed E-state index contributed by atoms with van der Waals surface area (Å²) in [5, 5.41) is 2.89.